The first-order chi connectivity index (χ1) is 8.83. The van der Waals surface area contributed by atoms with Crippen molar-refractivity contribution in [2.24, 2.45) is 5.92 Å². The summed E-state index contributed by atoms with van der Waals surface area (Å²) in [5.74, 6) is 0.870. The minimum absolute atomic E-state index is 0.526. The van der Waals surface area contributed by atoms with Crippen LogP contribution in [0.2, 0.25) is 0 Å². The Bertz CT molecular complexity index is 417. The third-order valence-corrected chi connectivity index (χ3v) is 4.36. The Balaban J connectivity index is 1.44. The highest BCUT2D eigenvalue weighted by Gasteiger charge is 2.22. The van der Waals surface area contributed by atoms with Crippen molar-refractivity contribution in [2.75, 3.05) is 19.8 Å². The van der Waals surface area contributed by atoms with E-state index >= 15 is 0 Å². The van der Waals surface area contributed by atoms with Gasteiger partial charge in [0.05, 0.1) is 6.61 Å². The molecule has 1 aromatic carbocycles. The van der Waals surface area contributed by atoms with Crippen LogP contribution >= 0.6 is 15.9 Å². The Morgan fingerprint density at radius 1 is 1.28 bits per heavy atom. The van der Waals surface area contributed by atoms with Gasteiger partial charge in [0.1, 0.15) is 0 Å². The lowest BCUT2D eigenvalue weighted by Crippen LogP contribution is -2.24. The van der Waals surface area contributed by atoms with E-state index in [4.69, 9.17) is 4.74 Å². The van der Waals surface area contributed by atoms with E-state index in [2.05, 4.69) is 39.4 Å². The fourth-order valence-corrected chi connectivity index (χ4v) is 3.05. The third kappa shape index (κ3) is 3.14. The van der Waals surface area contributed by atoms with Crippen LogP contribution in [0.4, 0.5) is 0 Å². The number of nitrogens with one attached hydrogen (secondary N) is 1. The van der Waals surface area contributed by atoms with E-state index in [1.54, 1.807) is 0 Å². The molecule has 18 heavy (non-hydrogen) atoms. The molecule has 0 aliphatic heterocycles. The van der Waals surface area contributed by atoms with Crippen molar-refractivity contribution in [3.63, 3.8) is 0 Å². The van der Waals surface area contributed by atoms with Crippen LogP contribution in [0.5, 0.6) is 0 Å². The van der Waals surface area contributed by atoms with Gasteiger partial charge in [0, 0.05) is 23.7 Å². The van der Waals surface area contributed by atoms with Gasteiger partial charge in [-0.25, -0.2) is 0 Å². The van der Waals surface area contributed by atoms with Crippen molar-refractivity contribution >= 4 is 15.9 Å². The second-order valence-electron chi connectivity index (χ2n) is 5.41. The zero-order valence-electron chi connectivity index (χ0n) is 10.6. The van der Waals surface area contributed by atoms with Crippen molar-refractivity contribution in [3.8, 4) is 0 Å². The number of halogens is 1. The lowest BCUT2D eigenvalue weighted by Gasteiger charge is -2.14. The van der Waals surface area contributed by atoms with E-state index in [-0.39, 0.29) is 0 Å². The van der Waals surface area contributed by atoms with Gasteiger partial charge >= 0.3 is 0 Å². The van der Waals surface area contributed by atoms with Crippen molar-refractivity contribution in [3.05, 3.63) is 33.8 Å². The molecule has 0 spiro atoms. The van der Waals surface area contributed by atoms with Crippen LogP contribution in [0.1, 0.15) is 36.4 Å². The topological polar surface area (TPSA) is 21.3 Å². The van der Waals surface area contributed by atoms with Crippen molar-refractivity contribution < 1.29 is 4.74 Å². The molecule has 0 amide bonds. The quantitative estimate of drug-likeness (QED) is 0.813. The normalized spacial score (nSPS) is 22.2. The molecule has 0 saturated heterocycles. The summed E-state index contributed by atoms with van der Waals surface area (Å²) in [4.78, 5) is 0. The van der Waals surface area contributed by atoms with Gasteiger partial charge in [0.2, 0.25) is 0 Å². The van der Waals surface area contributed by atoms with E-state index in [1.807, 2.05) is 0 Å². The van der Waals surface area contributed by atoms with Crippen LogP contribution in [-0.2, 0) is 11.2 Å². The number of hydrogen-bond donors (Lipinski definition) is 1. The largest absolute Gasteiger partial charge is 0.380 e. The van der Waals surface area contributed by atoms with Crippen LogP contribution < -0.4 is 5.32 Å². The van der Waals surface area contributed by atoms with Crippen molar-refractivity contribution in [1.82, 2.24) is 5.32 Å². The molecule has 0 heterocycles. The van der Waals surface area contributed by atoms with Crippen LogP contribution in [-0.4, -0.2) is 19.8 Å². The molecule has 2 aliphatic carbocycles. The van der Waals surface area contributed by atoms with Gasteiger partial charge in [0.15, 0.2) is 0 Å². The maximum Gasteiger partial charge on any atom is 0.0591 e. The van der Waals surface area contributed by atoms with Gasteiger partial charge in [-0.1, -0.05) is 22.0 Å². The first-order valence-corrected chi connectivity index (χ1v) is 7.71. The van der Waals surface area contributed by atoms with Crippen LogP contribution in [0.25, 0.3) is 0 Å². The van der Waals surface area contributed by atoms with Gasteiger partial charge in [-0.3, -0.25) is 0 Å². The van der Waals surface area contributed by atoms with E-state index < -0.39 is 0 Å². The van der Waals surface area contributed by atoms with E-state index in [0.717, 1.165) is 25.7 Å². The lowest BCUT2D eigenvalue weighted by atomic mass is 10.1. The fourth-order valence-electron chi connectivity index (χ4n) is 2.64. The summed E-state index contributed by atoms with van der Waals surface area (Å²) in [5, 5.41) is 3.61. The Labute approximate surface area is 117 Å². The Kier molecular flexibility index (Phi) is 4.02. The molecule has 0 aromatic heterocycles. The molecule has 3 rings (SSSR count). The molecule has 0 bridgehead atoms. The number of benzene rings is 1. The number of rotatable bonds is 6. The highest BCUT2D eigenvalue weighted by Crippen LogP contribution is 2.32. The molecule has 1 N–H and O–H groups in total. The Morgan fingerprint density at radius 3 is 3.00 bits per heavy atom. The van der Waals surface area contributed by atoms with Crippen molar-refractivity contribution in [2.45, 2.75) is 31.7 Å². The zero-order chi connectivity index (χ0) is 12.4. The van der Waals surface area contributed by atoms with Gasteiger partial charge < -0.3 is 10.1 Å². The van der Waals surface area contributed by atoms with Gasteiger partial charge in [-0.05, 0) is 54.9 Å². The minimum atomic E-state index is 0.526. The highest BCUT2D eigenvalue weighted by molar-refractivity contribution is 9.10. The van der Waals surface area contributed by atoms with E-state index in [0.29, 0.717) is 6.04 Å². The van der Waals surface area contributed by atoms with Gasteiger partial charge in [-0.15, -0.1) is 0 Å². The highest BCUT2D eigenvalue weighted by atomic mass is 79.9. The first-order valence-electron chi connectivity index (χ1n) is 6.92. The minimum Gasteiger partial charge on any atom is -0.380 e. The molecular weight excluding hydrogens is 290 g/mol. The Hall–Kier alpha value is -0.380. The number of fused-ring (bicyclic) bond motifs is 1. The molecule has 98 valence electrons. The van der Waals surface area contributed by atoms with Crippen LogP contribution in [0, 0.1) is 5.92 Å². The SMILES string of the molecule is Brc1ccc2c(c1)CCC2NCCOCC1CC1. The smallest absolute Gasteiger partial charge is 0.0591 e. The number of aryl methyl sites for hydroxylation is 1. The second kappa shape index (κ2) is 5.72. The molecule has 2 nitrogen and oxygen atoms in total. The molecule has 3 heteroatoms. The molecular formula is C15H20BrNO. The average molecular weight is 310 g/mol. The number of hydrogen-bond acceptors (Lipinski definition) is 2. The molecule has 1 fully saturated rings. The monoisotopic (exact) mass is 309 g/mol. The summed E-state index contributed by atoms with van der Waals surface area (Å²) >= 11 is 3.54. The van der Waals surface area contributed by atoms with E-state index in [9.17, 15) is 0 Å². The molecule has 1 unspecified atom stereocenters. The summed E-state index contributed by atoms with van der Waals surface area (Å²) in [6.45, 7) is 2.78. The molecule has 1 aromatic rings. The average Bonchev–Trinajstić information content (AvgIpc) is 3.10. The summed E-state index contributed by atoms with van der Waals surface area (Å²) < 4.78 is 6.84. The summed E-state index contributed by atoms with van der Waals surface area (Å²) in [7, 11) is 0. The summed E-state index contributed by atoms with van der Waals surface area (Å²) in [6.07, 6.45) is 5.15. The fraction of sp³-hybridized carbons (Fsp3) is 0.600. The maximum absolute atomic E-state index is 5.65. The molecule has 0 radical (unpaired) electrons. The van der Waals surface area contributed by atoms with Crippen LogP contribution in [0.3, 0.4) is 0 Å². The van der Waals surface area contributed by atoms with E-state index in [1.165, 1.54) is 41.3 Å². The third-order valence-electron chi connectivity index (χ3n) is 3.87. The molecule has 1 atom stereocenters. The molecule has 1 saturated carbocycles. The zero-order valence-corrected chi connectivity index (χ0v) is 12.2. The van der Waals surface area contributed by atoms with Crippen LogP contribution in [0.15, 0.2) is 22.7 Å². The predicted octanol–water partition coefficient (Wildman–Crippen LogP) is 3.45. The van der Waals surface area contributed by atoms with Gasteiger partial charge in [0.25, 0.3) is 0 Å². The maximum atomic E-state index is 5.65. The molecule has 2 aliphatic rings. The second-order valence-corrected chi connectivity index (χ2v) is 6.32. The van der Waals surface area contributed by atoms with Gasteiger partial charge in [-0.2, -0.15) is 0 Å². The number of ether oxygens (including phenoxy) is 1. The summed E-state index contributed by atoms with van der Waals surface area (Å²) in [6, 6.07) is 7.16. The van der Waals surface area contributed by atoms with Crippen molar-refractivity contribution in [1.29, 1.82) is 0 Å². The predicted molar refractivity (Wildman–Crippen MR) is 76.7 cm³/mol. The lowest BCUT2D eigenvalue weighted by molar-refractivity contribution is 0.124. The Morgan fingerprint density at radius 2 is 2.17 bits per heavy atom. The first kappa shape index (κ1) is 12.6. The standard InChI is InChI=1S/C15H20BrNO/c16-13-4-5-14-12(9-13)3-6-15(14)17-7-8-18-10-11-1-2-11/h4-5,9,11,15,17H,1-3,6-8,10H2. The summed E-state index contributed by atoms with van der Waals surface area (Å²) in [5.41, 5.74) is 2.96.